The number of amides is 1. The third kappa shape index (κ3) is 6.38. The van der Waals surface area contributed by atoms with Crippen molar-refractivity contribution in [2.24, 2.45) is 11.8 Å². The topological polar surface area (TPSA) is 95.4 Å². The molecule has 0 spiro atoms. The van der Waals surface area contributed by atoms with Crippen LogP contribution in [0.1, 0.15) is 78.4 Å². The van der Waals surface area contributed by atoms with Crippen molar-refractivity contribution < 1.29 is 27.3 Å². The number of nitrogens with zero attached hydrogens (tertiary/aromatic N) is 3. The van der Waals surface area contributed by atoms with E-state index in [0.29, 0.717) is 42.1 Å². The number of halogens is 3. The van der Waals surface area contributed by atoms with Crippen molar-refractivity contribution in [3.63, 3.8) is 0 Å². The van der Waals surface area contributed by atoms with E-state index in [1.54, 1.807) is 18.2 Å². The van der Waals surface area contributed by atoms with Crippen LogP contribution in [0, 0.1) is 11.8 Å². The summed E-state index contributed by atoms with van der Waals surface area (Å²) in [5, 5.41) is 12.7. The normalized spacial score (nSPS) is 24.4. The minimum atomic E-state index is -4.11. The fourth-order valence-corrected chi connectivity index (χ4v) is 6.16. The van der Waals surface area contributed by atoms with Crippen LogP contribution in [0.3, 0.4) is 0 Å². The molecular weight excluding hydrogens is 517 g/mol. The van der Waals surface area contributed by atoms with E-state index in [9.17, 15) is 27.3 Å². The van der Waals surface area contributed by atoms with Crippen molar-refractivity contribution in [3.8, 4) is 0 Å². The Balaban J connectivity index is 1.41. The van der Waals surface area contributed by atoms with Crippen LogP contribution in [0.2, 0.25) is 0 Å². The first kappa shape index (κ1) is 28.5. The highest BCUT2D eigenvalue weighted by molar-refractivity contribution is 7.99. The number of carbonyl (C=O) groups excluding carboxylic acids is 1. The molecule has 208 valence electrons. The van der Waals surface area contributed by atoms with Gasteiger partial charge in [0.05, 0.1) is 41.6 Å². The first-order valence-corrected chi connectivity index (χ1v) is 15.0. The van der Waals surface area contributed by atoms with Gasteiger partial charge in [0, 0.05) is 36.6 Å². The predicted molar refractivity (Wildman–Crippen MR) is 140 cm³/mol. The predicted octanol–water partition coefficient (Wildman–Crippen LogP) is 4.28. The van der Waals surface area contributed by atoms with Gasteiger partial charge in [-0.1, -0.05) is 6.92 Å². The van der Waals surface area contributed by atoms with Gasteiger partial charge in [-0.2, -0.15) is 13.2 Å². The Morgan fingerprint density at radius 1 is 1.24 bits per heavy atom. The van der Waals surface area contributed by atoms with Crippen molar-refractivity contribution in [1.82, 2.24) is 20.2 Å². The molecule has 1 amide bonds. The second-order valence-electron chi connectivity index (χ2n) is 10.5. The molecule has 2 aliphatic rings. The number of rotatable bonds is 8. The first-order chi connectivity index (χ1) is 17.9. The Kier molecular flexibility index (Phi) is 8.49. The largest absolute Gasteiger partial charge is 0.394 e. The highest BCUT2D eigenvalue weighted by atomic mass is 32.2. The lowest BCUT2D eigenvalue weighted by atomic mass is 9.81. The lowest BCUT2D eigenvalue weighted by Crippen LogP contribution is -2.33. The van der Waals surface area contributed by atoms with Crippen LogP contribution < -0.4 is 5.32 Å². The van der Waals surface area contributed by atoms with Gasteiger partial charge in [0.1, 0.15) is 0 Å². The number of hydrogen-bond acceptors (Lipinski definition) is 6. The van der Waals surface area contributed by atoms with Crippen molar-refractivity contribution in [3.05, 3.63) is 53.1 Å². The number of hydrogen-bond donors (Lipinski definition) is 2. The lowest BCUT2D eigenvalue weighted by molar-refractivity contribution is -0.184. The van der Waals surface area contributed by atoms with Gasteiger partial charge in [-0.25, -0.2) is 0 Å². The highest BCUT2D eigenvalue weighted by Gasteiger charge is 2.42. The second-order valence-corrected chi connectivity index (χ2v) is 13.0. The summed E-state index contributed by atoms with van der Waals surface area (Å²) in [5.74, 6) is 2.25. The smallest absolute Gasteiger partial charge is 0.391 e. The van der Waals surface area contributed by atoms with Gasteiger partial charge in [-0.3, -0.25) is 23.9 Å². The molecule has 2 aromatic rings. The maximum Gasteiger partial charge on any atom is 0.391 e. The Labute approximate surface area is 221 Å². The number of alkyl halides is 3. The third-order valence-corrected chi connectivity index (χ3v) is 8.92. The van der Waals surface area contributed by atoms with E-state index in [2.05, 4.69) is 33.0 Å². The Bertz CT molecular complexity index is 1240. The summed E-state index contributed by atoms with van der Waals surface area (Å²) in [4.78, 5) is 24.6. The molecule has 7 nitrogen and oxygen atoms in total. The summed E-state index contributed by atoms with van der Waals surface area (Å²) in [7, 11) is -2.42. The van der Waals surface area contributed by atoms with Gasteiger partial charge < -0.3 is 10.4 Å². The molecule has 38 heavy (non-hydrogen) atoms. The monoisotopic (exact) mass is 552 g/mol. The van der Waals surface area contributed by atoms with Crippen LogP contribution >= 0.6 is 0 Å². The van der Waals surface area contributed by atoms with E-state index >= 15 is 0 Å². The fourth-order valence-electron chi connectivity index (χ4n) is 5.53. The number of fused-ring (bicyclic) bond motifs is 1. The van der Waals surface area contributed by atoms with E-state index in [1.807, 2.05) is 0 Å². The molecule has 3 heterocycles. The van der Waals surface area contributed by atoms with Gasteiger partial charge in [0.25, 0.3) is 5.91 Å². The molecule has 2 aromatic heterocycles. The van der Waals surface area contributed by atoms with Crippen molar-refractivity contribution >= 4 is 21.3 Å². The molecule has 1 fully saturated rings. The highest BCUT2D eigenvalue weighted by Crippen LogP contribution is 2.42. The molecule has 3 atom stereocenters. The Morgan fingerprint density at radius 3 is 2.50 bits per heavy atom. The summed E-state index contributed by atoms with van der Waals surface area (Å²) in [6.07, 6.45) is 2.68. The number of aromatic nitrogens is 2. The third-order valence-electron chi connectivity index (χ3n) is 7.69. The van der Waals surface area contributed by atoms with Crippen LogP contribution in [0.5, 0.6) is 0 Å². The molecule has 0 bridgehead atoms. The van der Waals surface area contributed by atoms with Crippen LogP contribution in [0.15, 0.2) is 35.5 Å². The molecule has 2 N–H and O–H groups in total. The van der Waals surface area contributed by atoms with Gasteiger partial charge >= 0.3 is 6.18 Å². The van der Waals surface area contributed by atoms with Crippen LogP contribution in [0.4, 0.5) is 13.2 Å². The molecule has 1 aliphatic heterocycles. The average Bonchev–Trinajstić information content (AvgIpc) is 3.22. The molecule has 0 radical (unpaired) electrons. The summed E-state index contributed by atoms with van der Waals surface area (Å²) in [6, 6.07) is 4.35. The summed E-state index contributed by atoms with van der Waals surface area (Å²) < 4.78 is 51.2. The zero-order chi connectivity index (χ0) is 27.7. The summed E-state index contributed by atoms with van der Waals surface area (Å²) >= 11 is 0. The van der Waals surface area contributed by atoms with Gasteiger partial charge in [-0.05, 0) is 77.2 Å². The number of nitrogens with one attached hydrogen (secondary N) is 1. The van der Waals surface area contributed by atoms with Crippen molar-refractivity contribution in [2.75, 3.05) is 19.4 Å². The molecule has 4 rings (SSSR count). The van der Waals surface area contributed by atoms with Crippen molar-refractivity contribution in [1.29, 1.82) is 0 Å². The molecule has 0 saturated heterocycles. The molecule has 11 heteroatoms. The molecule has 1 saturated carbocycles. The zero-order valence-corrected chi connectivity index (χ0v) is 22.5. The minimum Gasteiger partial charge on any atom is -0.394 e. The average molecular weight is 553 g/mol. The standard InChI is InChI=1S/C27H35F3N4O3S/c1-4-24-25-19(15-34(24)14-17-5-7-20(8-6-17)27(28,29)30)11-18(12-32-25)26(36)33-23(16-35)22-10-9-21(13-31-22)38(2,3)37/h9-13,17,20,23-24,35H,2,4-8,14-16H2,1,3H3,(H,33,36)/t17?,20?,23-,24-,38?/m0/s1. The van der Waals surface area contributed by atoms with E-state index in [4.69, 9.17) is 0 Å². The molecule has 1 unspecified atom stereocenters. The number of carbonyl (C=O) groups is 1. The maximum absolute atomic E-state index is 13.0. The molecule has 1 aliphatic carbocycles. The summed E-state index contributed by atoms with van der Waals surface area (Å²) in [6.45, 7) is 3.00. The Morgan fingerprint density at radius 2 is 1.95 bits per heavy atom. The minimum absolute atomic E-state index is 0.0669. The summed E-state index contributed by atoms with van der Waals surface area (Å²) in [5.41, 5.74) is 2.63. The van der Waals surface area contributed by atoms with Crippen LogP contribution in [-0.4, -0.2) is 61.5 Å². The SMILES string of the molecule is C=S(C)(=O)c1ccc([C@H](CO)NC(=O)c2cnc3c(c2)CN(CC2CCC(C(F)(F)F)CC2)[C@H]3CC)nc1. The van der Waals surface area contributed by atoms with Gasteiger partial charge in [0.2, 0.25) is 0 Å². The first-order valence-electron chi connectivity index (χ1n) is 12.9. The van der Waals surface area contributed by atoms with Gasteiger partial charge in [0.15, 0.2) is 0 Å². The zero-order valence-electron chi connectivity index (χ0n) is 21.7. The quantitative estimate of drug-likeness (QED) is 0.475. The van der Waals surface area contributed by atoms with E-state index in [1.165, 1.54) is 18.6 Å². The fraction of sp³-hybridized carbons (Fsp3) is 0.556. The molecule has 0 aromatic carbocycles. The van der Waals surface area contributed by atoms with E-state index in [0.717, 1.165) is 17.7 Å². The van der Waals surface area contributed by atoms with Crippen molar-refractivity contribution in [2.45, 2.75) is 68.7 Å². The number of pyridine rings is 2. The van der Waals surface area contributed by atoms with Crippen LogP contribution in [0.25, 0.3) is 0 Å². The lowest BCUT2D eigenvalue weighted by Gasteiger charge is -2.33. The molecular formula is C27H35F3N4O3S. The van der Waals surface area contributed by atoms with Crippen LogP contribution in [-0.2, 0) is 16.1 Å². The van der Waals surface area contributed by atoms with Gasteiger partial charge in [-0.15, -0.1) is 0 Å². The number of aliphatic hydroxyl groups excluding tert-OH is 1. The maximum atomic E-state index is 13.0. The second kappa shape index (κ2) is 11.3. The van der Waals surface area contributed by atoms with E-state index < -0.39 is 33.6 Å². The number of aliphatic hydroxyl groups is 1. The Hall–Kier alpha value is -2.50. The van der Waals surface area contributed by atoms with E-state index in [-0.39, 0.29) is 31.4 Å².